The van der Waals surface area contributed by atoms with Gasteiger partial charge in [-0.3, -0.25) is 0 Å². The molecule has 0 unspecified atom stereocenters. The fraction of sp³-hybridized carbons (Fsp3) is 0. The number of hydrogen-bond donors (Lipinski definition) is 0. The summed E-state index contributed by atoms with van der Waals surface area (Å²) in [7, 11) is 0. The maximum atomic E-state index is 3.72. The summed E-state index contributed by atoms with van der Waals surface area (Å²) in [6, 6.07) is 19.8. The Bertz CT molecular complexity index is 561. The summed E-state index contributed by atoms with van der Waals surface area (Å²) in [5, 5.41) is 27.4. The van der Waals surface area contributed by atoms with Crippen molar-refractivity contribution in [2.45, 2.75) is 0 Å². The lowest BCUT2D eigenvalue weighted by atomic mass is 10.3. The summed E-state index contributed by atoms with van der Waals surface area (Å²) >= 11 is 0. The molecule has 0 aliphatic rings. The maximum Gasteiger partial charge on any atom is 0.0954 e. The molecule has 0 heterocycles. The molecule has 2 aromatic carbocycles. The zero-order valence-electron chi connectivity index (χ0n) is 10.2. The minimum absolute atomic E-state index is 0.544. The Morgan fingerprint density at radius 2 is 1.00 bits per heavy atom. The van der Waals surface area contributed by atoms with Crippen molar-refractivity contribution in [3.8, 4) is 0 Å². The van der Waals surface area contributed by atoms with Gasteiger partial charge in [0.1, 0.15) is 0 Å². The number of hydrogen-bond acceptors (Lipinski definition) is 2. The summed E-state index contributed by atoms with van der Waals surface area (Å²) in [6.45, 7) is 0. The van der Waals surface area contributed by atoms with Crippen LogP contribution >= 0.6 is 0 Å². The topological polar surface area (TPSA) is 98.9 Å². The van der Waals surface area contributed by atoms with Gasteiger partial charge in [0.15, 0.2) is 0 Å². The van der Waals surface area contributed by atoms with Crippen LogP contribution in [0.2, 0.25) is 0 Å². The molecule has 8 nitrogen and oxygen atoms in total. The van der Waals surface area contributed by atoms with Gasteiger partial charge in [-0.15, -0.1) is 10.2 Å². The third-order valence-electron chi connectivity index (χ3n) is 1.89. The van der Waals surface area contributed by atoms with E-state index in [1.165, 1.54) is 0 Å². The third-order valence-corrected chi connectivity index (χ3v) is 1.89. The van der Waals surface area contributed by atoms with Crippen LogP contribution in [0, 0.1) is 12.1 Å². The van der Waals surface area contributed by atoms with Crippen LogP contribution in [0.5, 0.6) is 0 Å². The number of rotatable bonds is 5. The Labute approximate surface area is 114 Å². The van der Waals surface area contributed by atoms with Crippen LogP contribution in [0.25, 0.3) is 0 Å². The van der Waals surface area contributed by atoms with E-state index in [4.69, 9.17) is 0 Å². The Kier molecular flexibility index (Phi) is 5.33. The Hall–Kier alpha value is -3.16. The molecule has 0 fully saturated rings. The standard InChI is InChI=1S/C12H8N8/c1-3-7-11(8-4-1)13-15-17-19-20-18-16-14-12-9-5-2-6-10-12/h1-7,9H. The van der Waals surface area contributed by atoms with E-state index in [0.29, 0.717) is 11.4 Å². The molecule has 0 amide bonds. The summed E-state index contributed by atoms with van der Waals surface area (Å²) in [4.78, 5) is 0. The molecule has 0 aliphatic heterocycles. The molecule has 20 heavy (non-hydrogen) atoms. The van der Waals surface area contributed by atoms with Crippen LogP contribution < -0.4 is 0 Å². The molecule has 0 aromatic heterocycles. The average Bonchev–Trinajstić information content (AvgIpc) is 2.52. The summed E-state index contributed by atoms with van der Waals surface area (Å²) < 4.78 is 0. The van der Waals surface area contributed by atoms with Crippen LogP contribution in [-0.4, -0.2) is 0 Å². The van der Waals surface area contributed by atoms with Crippen molar-refractivity contribution in [3.63, 3.8) is 0 Å². The van der Waals surface area contributed by atoms with Crippen molar-refractivity contribution in [1.29, 1.82) is 0 Å². The molecule has 0 N–H and O–H groups in total. The highest BCUT2D eigenvalue weighted by Crippen LogP contribution is 2.10. The van der Waals surface area contributed by atoms with E-state index in [1.807, 2.05) is 24.3 Å². The second kappa shape index (κ2) is 8.03. The SMILES string of the molecule is [c]1ccccc1N=NN=NN=NN=Nc1[c]cccc1. The second-order valence-corrected chi connectivity index (χ2v) is 3.23. The van der Waals surface area contributed by atoms with Crippen molar-refractivity contribution in [1.82, 2.24) is 0 Å². The van der Waals surface area contributed by atoms with Crippen molar-refractivity contribution in [2.24, 2.45) is 41.6 Å². The molecular formula is C12H8N8. The Morgan fingerprint density at radius 3 is 1.40 bits per heavy atom. The first-order chi connectivity index (χ1) is 9.95. The van der Waals surface area contributed by atoms with Crippen LogP contribution in [0.4, 0.5) is 11.4 Å². The molecule has 8 heteroatoms. The van der Waals surface area contributed by atoms with Gasteiger partial charge in [-0.2, -0.15) is 0 Å². The van der Waals surface area contributed by atoms with E-state index >= 15 is 0 Å². The van der Waals surface area contributed by atoms with Gasteiger partial charge < -0.3 is 0 Å². The van der Waals surface area contributed by atoms with Gasteiger partial charge in [-0.25, -0.2) is 0 Å². The molecule has 0 aliphatic carbocycles. The van der Waals surface area contributed by atoms with Gasteiger partial charge in [0.05, 0.1) is 11.4 Å². The van der Waals surface area contributed by atoms with Gasteiger partial charge in [0, 0.05) is 12.1 Å². The smallest absolute Gasteiger partial charge is 0.0954 e. The summed E-state index contributed by atoms with van der Waals surface area (Å²) in [5.41, 5.74) is 1.09. The quantitative estimate of drug-likeness (QED) is 0.547. The first-order valence-electron chi connectivity index (χ1n) is 5.50. The van der Waals surface area contributed by atoms with Crippen LogP contribution in [0.15, 0.2) is 90.1 Å². The van der Waals surface area contributed by atoms with Gasteiger partial charge in [-0.05, 0) is 43.5 Å². The highest BCUT2D eigenvalue weighted by atomic mass is 15.6. The molecule has 0 spiro atoms. The largest absolute Gasteiger partial charge is 0.129 e. The minimum Gasteiger partial charge on any atom is -0.129 e. The van der Waals surface area contributed by atoms with E-state index in [-0.39, 0.29) is 0 Å². The first-order valence-corrected chi connectivity index (χ1v) is 5.50. The lowest BCUT2D eigenvalue weighted by molar-refractivity contribution is 0.806. The molecule has 2 rings (SSSR count). The van der Waals surface area contributed by atoms with Gasteiger partial charge >= 0.3 is 0 Å². The molecule has 0 bridgehead atoms. The Balaban J connectivity index is 1.77. The van der Waals surface area contributed by atoms with Crippen molar-refractivity contribution in [3.05, 3.63) is 60.7 Å². The first kappa shape index (κ1) is 13.3. The maximum absolute atomic E-state index is 3.72. The summed E-state index contributed by atoms with van der Waals surface area (Å²) in [5.74, 6) is 0. The van der Waals surface area contributed by atoms with E-state index in [0.717, 1.165) is 0 Å². The van der Waals surface area contributed by atoms with Crippen LogP contribution in [0.1, 0.15) is 0 Å². The molecule has 2 aromatic rings. The molecule has 0 saturated carbocycles. The van der Waals surface area contributed by atoms with Crippen LogP contribution in [-0.2, 0) is 0 Å². The van der Waals surface area contributed by atoms with Crippen molar-refractivity contribution < 1.29 is 0 Å². The van der Waals surface area contributed by atoms with E-state index < -0.39 is 0 Å². The molecule has 2 radical (unpaired) electrons. The third kappa shape index (κ3) is 5.00. The van der Waals surface area contributed by atoms with E-state index in [1.54, 1.807) is 24.3 Å². The van der Waals surface area contributed by atoms with Gasteiger partial charge in [0.2, 0.25) is 0 Å². The monoisotopic (exact) mass is 264 g/mol. The van der Waals surface area contributed by atoms with E-state index in [9.17, 15) is 0 Å². The second-order valence-electron chi connectivity index (χ2n) is 3.23. The highest BCUT2D eigenvalue weighted by Gasteiger charge is 1.84. The lowest BCUT2D eigenvalue weighted by Crippen LogP contribution is -1.60. The fourth-order valence-corrected chi connectivity index (χ4v) is 1.10. The average molecular weight is 264 g/mol. The van der Waals surface area contributed by atoms with E-state index in [2.05, 4.69) is 53.7 Å². The zero-order valence-corrected chi connectivity index (χ0v) is 10.2. The summed E-state index contributed by atoms with van der Waals surface area (Å²) in [6.07, 6.45) is 0. The molecule has 96 valence electrons. The minimum atomic E-state index is 0.544. The predicted octanol–water partition coefficient (Wildman–Crippen LogP) is 4.80. The number of nitrogens with zero attached hydrogens (tertiary/aromatic N) is 8. The highest BCUT2D eigenvalue weighted by molar-refractivity contribution is 5.33. The zero-order chi connectivity index (χ0) is 13.9. The predicted molar refractivity (Wildman–Crippen MR) is 69.3 cm³/mol. The fourth-order valence-electron chi connectivity index (χ4n) is 1.10. The van der Waals surface area contributed by atoms with Gasteiger partial charge in [0.25, 0.3) is 0 Å². The van der Waals surface area contributed by atoms with Crippen molar-refractivity contribution in [2.75, 3.05) is 0 Å². The van der Waals surface area contributed by atoms with Crippen LogP contribution in [0.3, 0.4) is 0 Å². The lowest BCUT2D eigenvalue weighted by Gasteiger charge is -1.84. The Morgan fingerprint density at radius 1 is 0.550 bits per heavy atom. The normalized spacial score (nSPS) is 12.2. The van der Waals surface area contributed by atoms with Crippen molar-refractivity contribution >= 4 is 11.4 Å². The molecule has 0 atom stereocenters. The number of benzene rings is 2. The molecule has 0 saturated heterocycles. The van der Waals surface area contributed by atoms with Gasteiger partial charge in [-0.1, -0.05) is 36.4 Å². The molecular weight excluding hydrogens is 256 g/mol.